The van der Waals surface area contributed by atoms with Gasteiger partial charge in [0.15, 0.2) is 5.79 Å². The van der Waals surface area contributed by atoms with E-state index in [0.29, 0.717) is 5.82 Å². The summed E-state index contributed by atoms with van der Waals surface area (Å²) in [5.74, 6) is 0.255. The van der Waals surface area contributed by atoms with Crippen molar-refractivity contribution in [2.24, 2.45) is 0 Å². The fourth-order valence-electron chi connectivity index (χ4n) is 2.52. The molecule has 1 spiro atoms. The van der Waals surface area contributed by atoms with Crippen molar-refractivity contribution in [1.82, 2.24) is 4.98 Å². The van der Waals surface area contributed by atoms with Gasteiger partial charge in [-0.2, -0.15) is 0 Å². The predicted octanol–water partition coefficient (Wildman–Crippen LogP) is 1.01. The second-order valence-corrected chi connectivity index (χ2v) is 4.53. The molecule has 0 bridgehead atoms. The van der Waals surface area contributed by atoms with Gasteiger partial charge in [0.1, 0.15) is 5.82 Å². The molecule has 0 atom stereocenters. The maximum absolute atomic E-state index is 5.70. The molecule has 0 aromatic carbocycles. The molecule has 3 rings (SSSR count). The number of anilines is 2. The minimum atomic E-state index is -0.310. The van der Waals surface area contributed by atoms with Gasteiger partial charge >= 0.3 is 0 Å². The van der Waals surface area contributed by atoms with Crippen LogP contribution in [0.1, 0.15) is 12.8 Å². The molecular weight excluding hydrogens is 218 g/mol. The lowest BCUT2D eigenvalue weighted by Gasteiger charge is -2.38. The van der Waals surface area contributed by atoms with Gasteiger partial charge in [-0.05, 0) is 6.07 Å². The van der Waals surface area contributed by atoms with Crippen LogP contribution in [0.3, 0.4) is 0 Å². The number of hydrogen-bond donors (Lipinski definition) is 1. The number of ether oxygens (including phenoxy) is 2. The Balaban J connectivity index is 1.68. The molecule has 2 N–H and O–H groups in total. The molecule has 0 aliphatic carbocycles. The van der Waals surface area contributed by atoms with E-state index in [1.165, 1.54) is 0 Å². The molecular formula is C12H17N3O2. The summed E-state index contributed by atoms with van der Waals surface area (Å²) in [6, 6.07) is 3.90. The Labute approximate surface area is 101 Å². The monoisotopic (exact) mass is 235 g/mol. The van der Waals surface area contributed by atoms with Gasteiger partial charge in [0, 0.05) is 43.9 Å². The highest BCUT2D eigenvalue weighted by molar-refractivity contribution is 5.52. The molecule has 92 valence electrons. The van der Waals surface area contributed by atoms with Crippen LogP contribution in [0.15, 0.2) is 18.3 Å². The fourth-order valence-corrected chi connectivity index (χ4v) is 2.52. The zero-order valence-electron chi connectivity index (χ0n) is 9.76. The Morgan fingerprint density at radius 2 is 1.94 bits per heavy atom. The first kappa shape index (κ1) is 10.8. The fraction of sp³-hybridized carbons (Fsp3) is 0.583. The lowest BCUT2D eigenvalue weighted by Crippen LogP contribution is -2.45. The van der Waals surface area contributed by atoms with Crippen LogP contribution < -0.4 is 10.6 Å². The molecule has 2 fully saturated rings. The van der Waals surface area contributed by atoms with Crippen LogP contribution in [0.25, 0.3) is 0 Å². The van der Waals surface area contributed by atoms with Crippen molar-refractivity contribution in [3.8, 4) is 0 Å². The smallest absolute Gasteiger partial charge is 0.171 e. The van der Waals surface area contributed by atoms with Gasteiger partial charge in [0.25, 0.3) is 0 Å². The summed E-state index contributed by atoms with van der Waals surface area (Å²) in [5, 5.41) is 0. The summed E-state index contributed by atoms with van der Waals surface area (Å²) in [6.07, 6.45) is 3.57. The molecule has 1 aromatic rings. The van der Waals surface area contributed by atoms with Crippen molar-refractivity contribution >= 4 is 11.5 Å². The summed E-state index contributed by atoms with van der Waals surface area (Å²) in [4.78, 5) is 6.31. The van der Waals surface area contributed by atoms with Gasteiger partial charge in [-0.25, -0.2) is 4.98 Å². The molecule has 0 radical (unpaired) electrons. The third kappa shape index (κ3) is 2.08. The number of aromatic nitrogens is 1. The van der Waals surface area contributed by atoms with Gasteiger partial charge < -0.3 is 20.1 Å². The first-order valence-electron chi connectivity index (χ1n) is 6.02. The quantitative estimate of drug-likeness (QED) is 0.787. The van der Waals surface area contributed by atoms with Crippen LogP contribution in [0.5, 0.6) is 0 Å². The number of nitrogens with two attached hydrogens (primary N) is 1. The van der Waals surface area contributed by atoms with E-state index >= 15 is 0 Å². The van der Waals surface area contributed by atoms with Crippen molar-refractivity contribution in [2.75, 3.05) is 36.9 Å². The Bertz CT molecular complexity index is 394. The van der Waals surface area contributed by atoms with Crippen LogP contribution in [-0.2, 0) is 9.47 Å². The van der Waals surface area contributed by atoms with E-state index in [4.69, 9.17) is 15.2 Å². The third-order valence-corrected chi connectivity index (χ3v) is 3.47. The number of pyridine rings is 1. The van der Waals surface area contributed by atoms with E-state index < -0.39 is 0 Å². The lowest BCUT2D eigenvalue weighted by molar-refractivity contribution is -0.169. The highest BCUT2D eigenvalue weighted by atomic mass is 16.7. The number of hydrogen-bond acceptors (Lipinski definition) is 5. The molecule has 3 heterocycles. The van der Waals surface area contributed by atoms with Gasteiger partial charge in [-0.3, -0.25) is 0 Å². The van der Waals surface area contributed by atoms with E-state index in [1.807, 2.05) is 12.1 Å². The van der Waals surface area contributed by atoms with Crippen molar-refractivity contribution < 1.29 is 9.47 Å². The van der Waals surface area contributed by atoms with Crippen LogP contribution in [0.2, 0.25) is 0 Å². The molecule has 1 aromatic heterocycles. The van der Waals surface area contributed by atoms with E-state index in [2.05, 4.69) is 9.88 Å². The summed E-state index contributed by atoms with van der Waals surface area (Å²) in [6.45, 7) is 3.32. The van der Waals surface area contributed by atoms with Gasteiger partial charge in [0.05, 0.1) is 13.2 Å². The summed E-state index contributed by atoms with van der Waals surface area (Å²) >= 11 is 0. The maximum Gasteiger partial charge on any atom is 0.171 e. The minimum Gasteiger partial charge on any atom is -0.384 e. The Hall–Kier alpha value is -1.33. The highest BCUT2D eigenvalue weighted by Crippen LogP contribution is 2.33. The predicted molar refractivity (Wildman–Crippen MR) is 64.7 cm³/mol. The van der Waals surface area contributed by atoms with Crippen LogP contribution in [0, 0.1) is 0 Å². The van der Waals surface area contributed by atoms with Crippen LogP contribution in [-0.4, -0.2) is 37.1 Å². The van der Waals surface area contributed by atoms with Gasteiger partial charge in [-0.15, -0.1) is 0 Å². The van der Waals surface area contributed by atoms with Crippen LogP contribution >= 0.6 is 0 Å². The van der Waals surface area contributed by atoms with Crippen molar-refractivity contribution in [3.63, 3.8) is 0 Å². The SMILES string of the molecule is Nc1cc(N2CCC3(CC2)OCCO3)ccn1. The number of piperidine rings is 1. The molecule has 2 saturated heterocycles. The summed E-state index contributed by atoms with van der Waals surface area (Å²) < 4.78 is 11.4. The van der Waals surface area contributed by atoms with Crippen molar-refractivity contribution in [2.45, 2.75) is 18.6 Å². The maximum atomic E-state index is 5.70. The standard InChI is InChI=1S/C12H17N3O2/c13-11-9-10(1-4-14-11)15-5-2-12(3-6-15)16-7-8-17-12/h1,4,9H,2-3,5-8H2,(H2,13,14). The Kier molecular flexibility index (Phi) is 2.64. The van der Waals surface area contributed by atoms with Crippen molar-refractivity contribution in [1.29, 1.82) is 0 Å². The number of rotatable bonds is 1. The molecule has 2 aliphatic rings. The van der Waals surface area contributed by atoms with E-state index in [9.17, 15) is 0 Å². The summed E-state index contributed by atoms with van der Waals surface area (Å²) in [7, 11) is 0. The number of nitrogen functional groups attached to an aromatic ring is 1. The molecule has 0 unspecified atom stereocenters. The average Bonchev–Trinajstić information content (AvgIpc) is 2.79. The second-order valence-electron chi connectivity index (χ2n) is 4.53. The molecule has 17 heavy (non-hydrogen) atoms. The van der Waals surface area contributed by atoms with Gasteiger partial charge in [0.2, 0.25) is 0 Å². The van der Waals surface area contributed by atoms with Crippen molar-refractivity contribution in [3.05, 3.63) is 18.3 Å². The van der Waals surface area contributed by atoms with Crippen LogP contribution in [0.4, 0.5) is 11.5 Å². The topological polar surface area (TPSA) is 60.6 Å². The van der Waals surface area contributed by atoms with Gasteiger partial charge in [-0.1, -0.05) is 0 Å². The zero-order valence-corrected chi connectivity index (χ0v) is 9.76. The van der Waals surface area contributed by atoms with E-state index in [-0.39, 0.29) is 5.79 Å². The lowest BCUT2D eigenvalue weighted by atomic mass is 10.0. The first-order chi connectivity index (χ1) is 8.27. The number of nitrogens with zero attached hydrogens (tertiary/aromatic N) is 2. The summed E-state index contributed by atoms with van der Waals surface area (Å²) in [5.41, 5.74) is 6.82. The zero-order chi connectivity index (χ0) is 11.7. The molecule has 0 saturated carbocycles. The Morgan fingerprint density at radius 3 is 2.59 bits per heavy atom. The Morgan fingerprint density at radius 1 is 1.24 bits per heavy atom. The molecule has 5 heteroatoms. The largest absolute Gasteiger partial charge is 0.384 e. The third-order valence-electron chi connectivity index (χ3n) is 3.47. The minimum absolute atomic E-state index is 0.310. The molecule has 2 aliphatic heterocycles. The normalized spacial score (nSPS) is 23.2. The molecule has 0 amide bonds. The molecule has 5 nitrogen and oxygen atoms in total. The highest BCUT2D eigenvalue weighted by Gasteiger charge is 2.39. The van der Waals surface area contributed by atoms with E-state index in [1.54, 1.807) is 6.20 Å². The second kappa shape index (κ2) is 4.16. The average molecular weight is 235 g/mol. The van der Waals surface area contributed by atoms with E-state index in [0.717, 1.165) is 44.8 Å². The first-order valence-corrected chi connectivity index (χ1v) is 6.02.